The van der Waals surface area contributed by atoms with Crippen LogP contribution in [-0.4, -0.2) is 26.2 Å². The van der Waals surface area contributed by atoms with E-state index in [0.717, 1.165) is 16.7 Å². The van der Waals surface area contributed by atoms with Crippen molar-refractivity contribution in [2.45, 2.75) is 19.3 Å². The predicted molar refractivity (Wildman–Crippen MR) is 69.2 cm³/mol. The van der Waals surface area contributed by atoms with Gasteiger partial charge in [0.25, 0.3) is 0 Å². The molecule has 1 saturated heterocycles. The Morgan fingerprint density at radius 2 is 2.11 bits per heavy atom. The molecule has 0 atom stereocenters. The van der Waals surface area contributed by atoms with Crippen LogP contribution < -0.4 is 10.5 Å². The molecule has 18 heavy (non-hydrogen) atoms. The van der Waals surface area contributed by atoms with Gasteiger partial charge < -0.3 is 15.2 Å². The zero-order chi connectivity index (χ0) is 13.5. The van der Waals surface area contributed by atoms with E-state index in [1.54, 1.807) is 7.11 Å². The second kappa shape index (κ2) is 4.44. The Morgan fingerprint density at radius 1 is 1.50 bits per heavy atom. The van der Waals surface area contributed by atoms with Crippen LogP contribution in [0.25, 0.3) is 0 Å². The fraction of sp³-hybridized carbons (Fsp3) is 0.462. The lowest BCUT2D eigenvalue weighted by Gasteiger charge is -2.40. The summed E-state index contributed by atoms with van der Waals surface area (Å²) in [7, 11) is 1.57. The van der Waals surface area contributed by atoms with Crippen molar-refractivity contribution in [3.8, 4) is 5.75 Å². The van der Waals surface area contributed by atoms with Crippen molar-refractivity contribution in [2.24, 2.45) is 5.73 Å². The molecule has 0 bridgehead atoms. The van der Waals surface area contributed by atoms with Crippen molar-refractivity contribution in [3.05, 3.63) is 27.8 Å². The van der Waals surface area contributed by atoms with E-state index in [1.165, 1.54) is 0 Å². The highest BCUT2D eigenvalue weighted by atomic mass is 35.5. The molecule has 1 aliphatic heterocycles. The van der Waals surface area contributed by atoms with E-state index in [2.05, 4.69) is 0 Å². The van der Waals surface area contributed by atoms with Gasteiger partial charge in [-0.2, -0.15) is 0 Å². The van der Waals surface area contributed by atoms with Crippen molar-refractivity contribution >= 4 is 17.5 Å². The molecule has 0 aliphatic carbocycles. The van der Waals surface area contributed by atoms with Gasteiger partial charge in [0.1, 0.15) is 11.2 Å². The minimum absolute atomic E-state index is 0.277. The number of benzene rings is 1. The van der Waals surface area contributed by atoms with Crippen LogP contribution in [0.5, 0.6) is 5.75 Å². The number of rotatable bonds is 3. The molecule has 0 radical (unpaired) electrons. The summed E-state index contributed by atoms with van der Waals surface area (Å²) in [5.41, 5.74) is 7.21. The molecule has 1 aromatic carbocycles. The van der Waals surface area contributed by atoms with Gasteiger partial charge in [-0.15, -0.1) is 0 Å². The molecular formula is C13H16ClNO3. The molecular weight excluding hydrogens is 254 g/mol. The number of hydrogen-bond acceptors (Lipinski definition) is 3. The average molecular weight is 270 g/mol. The fourth-order valence-corrected chi connectivity index (χ4v) is 2.54. The van der Waals surface area contributed by atoms with Crippen molar-refractivity contribution in [3.63, 3.8) is 0 Å². The van der Waals surface area contributed by atoms with Gasteiger partial charge in [0.15, 0.2) is 0 Å². The van der Waals surface area contributed by atoms with E-state index in [4.69, 9.17) is 26.8 Å². The summed E-state index contributed by atoms with van der Waals surface area (Å²) in [5.74, 6) is 0.228. The molecule has 1 amide bonds. The van der Waals surface area contributed by atoms with Gasteiger partial charge in [0.05, 0.1) is 20.3 Å². The van der Waals surface area contributed by atoms with Crippen molar-refractivity contribution in [1.29, 1.82) is 0 Å². The lowest BCUT2D eigenvalue weighted by atomic mass is 9.75. The van der Waals surface area contributed by atoms with Crippen LogP contribution >= 0.6 is 11.6 Å². The van der Waals surface area contributed by atoms with E-state index < -0.39 is 11.3 Å². The van der Waals surface area contributed by atoms with Crippen LogP contribution in [0.2, 0.25) is 5.02 Å². The third kappa shape index (κ3) is 1.68. The number of primary amides is 1. The normalized spacial score (nSPS) is 17.1. The lowest BCUT2D eigenvalue weighted by Crippen LogP contribution is -2.56. The average Bonchev–Trinajstić information content (AvgIpc) is 2.26. The molecule has 0 aromatic heterocycles. The highest BCUT2D eigenvalue weighted by Crippen LogP contribution is 2.43. The minimum atomic E-state index is -0.813. The van der Waals surface area contributed by atoms with Crippen LogP contribution in [0.1, 0.15) is 16.7 Å². The summed E-state index contributed by atoms with van der Waals surface area (Å²) in [6, 6.07) is 1.83. The second-order valence-electron chi connectivity index (χ2n) is 4.65. The first kappa shape index (κ1) is 13.2. The molecule has 4 nitrogen and oxygen atoms in total. The molecule has 2 N–H and O–H groups in total. The van der Waals surface area contributed by atoms with Crippen LogP contribution in [-0.2, 0) is 14.9 Å². The minimum Gasteiger partial charge on any atom is -0.496 e. The molecule has 5 heteroatoms. The Labute approximate surface area is 111 Å². The Hall–Kier alpha value is -1.26. The number of nitrogens with two attached hydrogens (primary N) is 1. The maximum Gasteiger partial charge on any atom is 0.232 e. The molecule has 0 saturated carbocycles. The number of aryl methyl sites for hydroxylation is 1. The Balaban J connectivity index is 2.70. The molecule has 1 heterocycles. The SMILES string of the molecule is COc1cc(C)c(Cl)c(C)c1C1(C(N)=O)COC1. The highest BCUT2D eigenvalue weighted by Gasteiger charge is 2.49. The van der Waals surface area contributed by atoms with E-state index in [1.807, 2.05) is 19.9 Å². The maximum absolute atomic E-state index is 11.8. The van der Waals surface area contributed by atoms with Crippen molar-refractivity contribution < 1.29 is 14.3 Å². The first-order valence-electron chi connectivity index (χ1n) is 5.66. The number of amides is 1. The van der Waals surface area contributed by atoms with Crippen molar-refractivity contribution in [2.75, 3.05) is 20.3 Å². The highest BCUT2D eigenvalue weighted by molar-refractivity contribution is 6.32. The first-order valence-corrected chi connectivity index (χ1v) is 6.03. The van der Waals surface area contributed by atoms with Gasteiger partial charge in [0.2, 0.25) is 5.91 Å². The summed E-state index contributed by atoms with van der Waals surface area (Å²) >= 11 is 6.26. The van der Waals surface area contributed by atoms with Gasteiger partial charge in [-0.05, 0) is 31.0 Å². The van der Waals surface area contributed by atoms with Gasteiger partial charge >= 0.3 is 0 Å². The third-order valence-corrected chi connectivity index (χ3v) is 4.09. The number of carbonyl (C=O) groups excluding carboxylic acids is 1. The van der Waals surface area contributed by atoms with E-state index in [0.29, 0.717) is 10.8 Å². The largest absolute Gasteiger partial charge is 0.496 e. The van der Waals surface area contributed by atoms with Gasteiger partial charge in [-0.25, -0.2) is 0 Å². The maximum atomic E-state index is 11.8. The Bertz CT molecular complexity index is 509. The predicted octanol–water partition coefficient (Wildman–Crippen LogP) is 1.72. The molecule has 98 valence electrons. The van der Waals surface area contributed by atoms with Crippen LogP contribution in [0, 0.1) is 13.8 Å². The van der Waals surface area contributed by atoms with Gasteiger partial charge in [0, 0.05) is 10.6 Å². The quantitative estimate of drug-likeness (QED) is 0.909. The standard InChI is InChI=1S/C13H16ClNO3/c1-7-4-9(17-3)10(8(2)11(7)14)13(12(15)16)5-18-6-13/h4H,5-6H2,1-3H3,(H2,15,16). The van der Waals surface area contributed by atoms with Crippen LogP contribution in [0.4, 0.5) is 0 Å². The molecule has 0 unspecified atom stereocenters. The number of methoxy groups -OCH3 is 1. The molecule has 1 aliphatic rings. The lowest BCUT2D eigenvalue weighted by molar-refractivity contribution is -0.142. The van der Waals surface area contributed by atoms with Gasteiger partial charge in [-0.1, -0.05) is 11.6 Å². The summed E-state index contributed by atoms with van der Waals surface area (Å²) in [4.78, 5) is 11.8. The fourth-order valence-electron chi connectivity index (χ4n) is 2.39. The molecule has 0 spiro atoms. The van der Waals surface area contributed by atoms with Gasteiger partial charge in [-0.3, -0.25) is 4.79 Å². The monoisotopic (exact) mass is 269 g/mol. The zero-order valence-corrected chi connectivity index (χ0v) is 11.4. The summed E-state index contributed by atoms with van der Waals surface area (Å²) in [5, 5.41) is 0.637. The topological polar surface area (TPSA) is 61.5 Å². The van der Waals surface area contributed by atoms with Crippen molar-refractivity contribution in [1.82, 2.24) is 0 Å². The Morgan fingerprint density at radius 3 is 2.50 bits per heavy atom. The second-order valence-corrected chi connectivity index (χ2v) is 5.03. The number of carbonyl (C=O) groups is 1. The van der Waals surface area contributed by atoms with Crippen LogP contribution in [0.3, 0.4) is 0 Å². The number of ether oxygens (including phenoxy) is 2. The number of halogens is 1. The summed E-state index contributed by atoms with van der Waals surface area (Å²) < 4.78 is 10.6. The Kier molecular flexibility index (Phi) is 3.25. The van der Waals surface area contributed by atoms with E-state index in [9.17, 15) is 4.79 Å². The third-order valence-electron chi connectivity index (χ3n) is 3.51. The van der Waals surface area contributed by atoms with E-state index in [-0.39, 0.29) is 13.2 Å². The molecule has 2 rings (SSSR count). The zero-order valence-electron chi connectivity index (χ0n) is 10.7. The smallest absolute Gasteiger partial charge is 0.232 e. The molecule has 1 aromatic rings. The molecule has 1 fully saturated rings. The first-order chi connectivity index (χ1) is 8.44. The number of hydrogen-bond donors (Lipinski definition) is 1. The summed E-state index contributed by atoms with van der Waals surface area (Å²) in [6.45, 7) is 4.32. The van der Waals surface area contributed by atoms with E-state index >= 15 is 0 Å². The summed E-state index contributed by atoms with van der Waals surface area (Å²) in [6.07, 6.45) is 0. The van der Waals surface area contributed by atoms with Crippen LogP contribution in [0.15, 0.2) is 6.07 Å².